The van der Waals surface area contributed by atoms with Crippen LogP contribution in [0.15, 0.2) is 18.3 Å². The van der Waals surface area contributed by atoms with Gasteiger partial charge >= 0.3 is 5.97 Å². The third-order valence-electron chi connectivity index (χ3n) is 1.81. The molecule has 1 unspecified atom stereocenters. The summed E-state index contributed by atoms with van der Waals surface area (Å²) < 4.78 is 4.59. The SMILES string of the molecule is COC(=O)C(C)c1ccc(N)cn1. The molecule has 0 aliphatic carbocycles. The van der Waals surface area contributed by atoms with Crippen LogP contribution < -0.4 is 5.73 Å². The van der Waals surface area contributed by atoms with Gasteiger partial charge in [0.1, 0.15) is 0 Å². The number of methoxy groups -OCH3 is 1. The number of rotatable bonds is 2. The lowest BCUT2D eigenvalue weighted by Crippen LogP contribution is -2.12. The molecule has 70 valence electrons. The van der Waals surface area contributed by atoms with E-state index < -0.39 is 0 Å². The van der Waals surface area contributed by atoms with E-state index in [9.17, 15) is 4.79 Å². The van der Waals surface area contributed by atoms with Gasteiger partial charge in [-0.1, -0.05) is 0 Å². The Morgan fingerprint density at radius 1 is 1.62 bits per heavy atom. The number of nitrogens with zero attached hydrogens (tertiary/aromatic N) is 1. The van der Waals surface area contributed by atoms with E-state index in [0.29, 0.717) is 11.4 Å². The maximum Gasteiger partial charge on any atom is 0.314 e. The Balaban J connectivity index is 2.83. The van der Waals surface area contributed by atoms with E-state index in [4.69, 9.17) is 5.73 Å². The first-order valence-electron chi connectivity index (χ1n) is 3.94. The summed E-state index contributed by atoms with van der Waals surface area (Å²) in [6.45, 7) is 1.74. The molecule has 1 heterocycles. The Kier molecular flexibility index (Phi) is 2.84. The van der Waals surface area contributed by atoms with E-state index >= 15 is 0 Å². The molecular formula is C9H12N2O2. The molecular weight excluding hydrogens is 168 g/mol. The Bertz CT molecular complexity index is 295. The number of pyridine rings is 1. The van der Waals surface area contributed by atoms with Gasteiger partial charge in [-0.25, -0.2) is 0 Å². The molecule has 2 N–H and O–H groups in total. The highest BCUT2D eigenvalue weighted by Gasteiger charge is 2.16. The van der Waals surface area contributed by atoms with Crippen molar-refractivity contribution in [3.05, 3.63) is 24.0 Å². The maximum absolute atomic E-state index is 11.1. The quantitative estimate of drug-likeness (QED) is 0.688. The van der Waals surface area contributed by atoms with Crippen molar-refractivity contribution in [2.45, 2.75) is 12.8 Å². The Labute approximate surface area is 76.7 Å². The monoisotopic (exact) mass is 180 g/mol. The minimum absolute atomic E-state index is 0.294. The topological polar surface area (TPSA) is 65.2 Å². The van der Waals surface area contributed by atoms with Crippen molar-refractivity contribution in [1.82, 2.24) is 4.98 Å². The first kappa shape index (κ1) is 9.51. The van der Waals surface area contributed by atoms with Crippen molar-refractivity contribution in [2.75, 3.05) is 12.8 Å². The fraction of sp³-hybridized carbons (Fsp3) is 0.333. The number of carbonyl (C=O) groups is 1. The van der Waals surface area contributed by atoms with Crippen LogP contribution in [-0.2, 0) is 9.53 Å². The molecule has 13 heavy (non-hydrogen) atoms. The van der Waals surface area contributed by atoms with Gasteiger partial charge in [0.05, 0.1) is 30.6 Å². The van der Waals surface area contributed by atoms with Crippen molar-refractivity contribution in [3.63, 3.8) is 0 Å². The van der Waals surface area contributed by atoms with Crippen LogP contribution in [0.3, 0.4) is 0 Å². The largest absolute Gasteiger partial charge is 0.469 e. The first-order chi connectivity index (χ1) is 6.15. The van der Waals surface area contributed by atoms with Crippen LogP contribution in [0.5, 0.6) is 0 Å². The zero-order valence-electron chi connectivity index (χ0n) is 7.65. The van der Waals surface area contributed by atoms with E-state index in [-0.39, 0.29) is 11.9 Å². The molecule has 4 heteroatoms. The van der Waals surface area contributed by atoms with Crippen molar-refractivity contribution < 1.29 is 9.53 Å². The van der Waals surface area contributed by atoms with Gasteiger partial charge in [-0.3, -0.25) is 9.78 Å². The lowest BCUT2D eigenvalue weighted by atomic mass is 10.1. The minimum atomic E-state index is -0.342. The second kappa shape index (κ2) is 3.89. The fourth-order valence-corrected chi connectivity index (χ4v) is 0.970. The van der Waals surface area contributed by atoms with Gasteiger partial charge in [0.15, 0.2) is 0 Å². The standard InChI is InChI=1S/C9H12N2O2/c1-6(9(12)13-2)8-4-3-7(10)5-11-8/h3-6H,10H2,1-2H3. The molecule has 0 saturated heterocycles. The molecule has 4 nitrogen and oxygen atoms in total. The summed E-state index contributed by atoms with van der Waals surface area (Å²) >= 11 is 0. The van der Waals surface area contributed by atoms with Gasteiger partial charge in [0, 0.05) is 0 Å². The summed E-state index contributed by atoms with van der Waals surface area (Å²) in [5, 5.41) is 0. The third kappa shape index (κ3) is 2.18. The van der Waals surface area contributed by atoms with Gasteiger partial charge in [-0.15, -0.1) is 0 Å². The molecule has 0 fully saturated rings. The van der Waals surface area contributed by atoms with Crippen LogP contribution in [0, 0.1) is 0 Å². The summed E-state index contributed by atoms with van der Waals surface area (Å²) in [7, 11) is 1.36. The lowest BCUT2D eigenvalue weighted by Gasteiger charge is -2.07. The zero-order valence-corrected chi connectivity index (χ0v) is 7.65. The van der Waals surface area contributed by atoms with Crippen LogP contribution in [0.4, 0.5) is 5.69 Å². The second-order valence-corrected chi connectivity index (χ2v) is 2.76. The molecule has 1 aromatic rings. The van der Waals surface area contributed by atoms with Crippen LogP contribution in [0.2, 0.25) is 0 Å². The summed E-state index contributed by atoms with van der Waals surface area (Å²) in [4.78, 5) is 15.1. The van der Waals surface area contributed by atoms with Crippen LogP contribution in [-0.4, -0.2) is 18.1 Å². The molecule has 0 aliphatic rings. The van der Waals surface area contributed by atoms with E-state index in [1.807, 2.05) is 0 Å². The smallest absolute Gasteiger partial charge is 0.314 e. The van der Waals surface area contributed by atoms with Gasteiger partial charge in [0.2, 0.25) is 0 Å². The van der Waals surface area contributed by atoms with Crippen molar-refractivity contribution in [3.8, 4) is 0 Å². The highest BCUT2D eigenvalue weighted by Crippen LogP contribution is 2.14. The summed E-state index contributed by atoms with van der Waals surface area (Å²) in [5.41, 5.74) is 6.71. The molecule has 1 rings (SSSR count). The number of anilines is 1. The van der Waals surface area contributed by atoms with Gasteiger partial charge < -0.3 is 10.5 Å². The Hall–Kier alpha value is -1.58. The average molecular weight is 180 g/mol. The summed E-state index contributed by atoms with van der Waals surface area (Å²) in [6, 6.07) is 3.43. The minimum Gasteiger partial charge on any atom is -0.469 e. The van der Waals surface area contributed by atoms with Crippen molar-refractivity contribution >= 4 is 11.7 Å². The molecule has 1 atom stereocenters. The van der Waals surface area contributed by atoms with E-state index in [1.165, 1.54) is 13.3 Å². The van der Waals surface area contributed by atoms with Crippen LogP contribution >= 0.6 is 0 Å². The predicted molar refractivity (Wildman–Crippen MR) is 49.1 cm³/mol. The molecule has 0 amide bonds. The van der Waals surface area contributed by atoms with Crippen molar-refractivity contribution in [1.29, 1.82) is 0 Å². The number of ether oxygens (including phenoxy) is 1. The number of nitrogens with two attached hydrogens (primary N) is 1. The van der Waals surface area contributed by atoms with Gasteiger partial charge in [-0.2, -0.15) is 0 Å². The highest BCUT2D eigenvalue weighted by atomic mass is 16.5. The molecule has 0 bridgehead atoms. The number of aromatic nitrogens is 1. The normalized spacial score (nSPS) is 12.2. The number of carbonyl (C=O) groups excluding carboxylic acids is 1. The Morgan fingerprint density at radius 2 is 2.31 bits per heavy atom. The van der Waals surface area contributed by atoms with E-state index in [2.05, 4.69) is 9.72 Å². The molecule has 1 aromatic heterocycles. The van der Waals surface area contributed by atoms with Crippen molar-refractivity contribution in [2.24, 2.45) is 0 Å². The van der Waals surface area contributed by atoms with E-state index in [1.54, 1.807) is 19.1 Å². The Morgan fingerprint density at radius 3 is 2.77 bits per heavy atom. The maximum atomic E-state index is 11.1. The first-order valence-corrected chi connectivity index (χ1v) is 3.94. The van der Waals surface area contributed by atoms with Crippen LogP contribution in [0.1, 0.15) is 18.5 Å². The average Bonchev–Trinajstić information content (AvgIpc) is 2.17. The summed E-state index contributed by atoms with van der Waals surface area (Å²) in [5.74, 6) is -0.636. The number of hydrogen-bond acceptors (Lipinski definition) is 4. The second-order valence-electron chi connectivity index (χ2n) is 2.76. The molecule has 0 spiro atoms. The predicted octanol–water partition coefficient (Wildman–Crippen LogP) is 0.940. The molecule has 0 aliphatic heterocycles. The highest BCUT2D eigenvalue weighted by molar-refractivity contribution is 5.76. The molecule has 0 saturated carbocycles. The summed E-state index contributed by atoms with van der Waals surface area (Å²) in [6.07, 6.45) is 1.52. The number of nitrogen functional groups attached to an aromatic ring is 1. The fourth-order valence-electron chi connectivity index (χ4n) is 0.970. The third-order valence-corrected chi connectivity index (χ3v) is 1.81. The molecule has 0 aromatic carbocycles. The zero-order chi connectivity index (χ0) is 9.84. The van der Waals surface area contributed by atoms with Crippen LogP contribution in [0.25, 0.3) is 0 Å². The van der Waals surface area contributed by atoms with Gasteiger partial charge in [-0.05, 0) is 19.1 Å². The molecule has 0 radical (unpaired) electrons. The lowest BCUT2D eigenvalue weighted by molar-refractivity contribution is -0.142. The van der Waals surface area contributed by atoms with E-state index in [0.717, 1.165) is 0 Å². The van der Waals surface area contributed by atoms with Gasteiger partial charge in [0.25, 0.3) is 0 Å². The number of esters is 1. The number of hydrogen-bond donors (Lipinski definition) is 1.